The molecule has 0 aliphatic heterocycles. The van der Waals surface area contributed by atoms with Crippen molar-refractivity contribution in [2.75, 3.05) is 0 Å². The van der Waals surface area contributed by atoms with Gasteiger partial charge < -0.3 is 0 Å². The van der Waals surface area contributed by atoms with Gasteiger partial charge in [-0.3, -0.25) is 4.99 Å². The molecule has 0 amide bonds. The highest BCUT2D eigenvalue weighted by atomic mass is 14.8. The van der Waals surface area contributed by atoms with Crippen LogP contribution in [0, 0.1) is 5.92 Å². The van der Waals surface area contributed by atoms with Crippen molar-refractivity contribution in [3.63, 3.8) is 0 Å². The summed E-state index contributed by atoms with van der Waals surface area (Å²) in [7, 11) is 0. The average Bonchev–Trinajstić information content (AvgIpc) is 2.52. The van der Waals surface area contributed by atoms with Crippen LogP contribution in [0.15, 0.2) is 51.6 Å². The van der Waals surface area contributed by atoms with Gasteiger partial charge in [0.2, 0.25) is 0 Å². The summed E-state index contributed by atoms with van der Waals surface area (Å²) in [5.74, 6) is 0.503. The summed E-state index contributed by atoms with van der Waals surface area (Å²) in [5, 5.41) is 0. The number of hydrogen-bond acceptors (Lipinski definition) is 1. The zero-order valence-corrected chi connectivity index (χ0v) is 13.0. The first-order valence-corrected chi connectivity index (χ1v) is 7.15. The number of nitrogens with zero attached hydrogens (tertiary/aromatic N) is 1. The van der Waals surface area contributed by atoms with E-state index in [0.29, 0.717) is 5.92 Å². The molecule has 2 aliphatic rings. The molecule has 102 valence electrons. The SMILES string of the molecule is CC1=CC(C)C(C2=CC=CCC2=NC(C)(C)C)=C1C. The molecule has 2 aliphatic carbocycles. The van der Waals surface area contributed by atoms with Crippen molar-refractivity contribution in [2.24, 2.45) is 10.9 Å². The molecule has 0 saturated carbocycles. The van der Waals surface area contributed by atoms with Gasteiger partial charge in [0, 0.05) is 18.1 Å². The molecule has 0 fully saturated rings. The van der Waals surface area contributed by atoms with E-state index in [0.717, 1.165) is 6.42 Å². The Balaban J connectivity index is 2.46. The Morgan fingerprint density at radius 2 is 1.89 bits per heavy atom. The Kier molecular flexibility index (Phi) is 3.66. The molecule has 0 radical (unpaired) electrons. The molecular formula is C18H25N. The van der Waals surface area contributed by atoms with E-state index in [1.54, 1.807) is 0 Å². The van der Waals surface area contributed by atoms with Crippen LogP contribution in [-0.4, -0.2) is 11.3 Å². The van der Waals surface area contributed by atoms with Gasteiger partial charge in [0.1, 0.15) is 0 Å². The Morgan fingerprint density at radius 3 is 2.42 bits per heavy atom. The largest absolute Gasteiger partial charge is 0.283 e. The van der Waals surface area contributed by atoms with Crippen LogP contribution in [0.3, 0.4) is 0 Å². The number of aliphatic imine (C=N–C) groups is 1. The third-order valence-corrected chi connectivity index (χ3v) is 3.73. The molecule has 1 unspecified atom stereocenters. The molecule has 1 heteroatoms. The molecule has 0 N–H and O–H groups in total. The van der Waals surface area contributed by atoms with Crippen LogP contribution >= 0.6 is 0 Å². The van der Waals surface area contributed by atoms with Gasteiger partial charge in [-0.2, -0.15) is 0 Å². The van der Waals surface area contributed by atoms with Crippen molar-refractivity contribution in [1.82, 2.24) is 0 Å². The van der Waals surface area contributed by atoms with Gasteiger partial charge in [-0.1, -0.05) is 36.8 Å². The number of allylic oxidation sites excluding steroid dienone is 8. The Morgan fingerprint density at radius 1 is 1.21 bits per heavy atom. The molecule has 0 aromatic heterocycles. The molecule has 19 heavy (non-hydrogen) atoms. The Labute approximate surface area is 117 Å². The van der Waals surface area contributed by atoms with Crippen molar-refractivity contribution in [2.45, 2.75) is 53.5 Å². The highest BCUT2D eigenvalue weighted by Crippen LogP contribution is 2.37. The highest BCUT2D eigenvalue weighted by molar-refractivity contribution is 6.06. The maximum atomic E-state index is 4.93. The second-order valence-electron chi connectivity index (χ2n) is 6.62. The summed E-state index contributed by atoms with van der Waals surface area (Å²) in [6.45, 7) is 13.2. The maximum Gasteiger partial charge on any atom is 0.0527 e. The van der Waals surface area contributed by atoms with Crippen LogP contribution < -0.4 is 0 Å². The van der Waals surface area contributed by atoms with E-state index in [-0.39, 0.29) is 5.54 Å². The van der Waals surface area contributed by atoms with E-state index in [9.17, 15) is 0 Å². The first-order chi connectivity index (χ1) is 8.79. The summed E-state index contributed by atoms with van der Waals surface area (Å²) in [5.41, 5.74) is 6.86. The predicted octanol–water partition coefficient (Wildman–Crippen LogP) is 5.02. The first kappa shape index (κ1) is 14.0. The van der Waals surface area contributed by atoms with Gasteiger partial charge in [0.05, 0.1) is 5.54 Å². The standard InChI is InChI=1S/C18H25N/c1-12-11-13(2)17(14(12)3)15-9-7-8-10-16(15)19-18(4,5)6/h7-9,11,13H,10H2,1-6H3. The minimum atomic E-state index is -0.0155. The molecule has 2 rings (SSSR count). The van der Waals surface area contributed by atoms with E-state index in [2.05, 4.69) is 65.8 Å². The number of hydrogen-bond donors (Lipinski definition) is 0. The zero-order valence-electron chi connectivity index (χ0n) is 13.0. The molecule has 1 atom stereocenters. The van der Waals surface area contributed by atoms with Crippen molar-refractivity contribution < 1.29 is 0 Å². The van der Waals surface area contributed by atoms with Gasteiger partial charge in [-0.05, 0) is 51.3 Å². The minimum Gasteiger partial charge on any atom is -0.283 e. The molecule has 0 bridgehead atoms. The van der Waals surface area contributed by atoms with E-state index >= 15 is 0 Å². The van der Waals surface area contributed by atoms with E-state index < -0.39 is 0 Å². The van der Waals surface area contributed by atoms with Crippen molar-refractivity contribution in [1.29, 1.82) is 0 Å². The first-order valence-electron chi connectivity index (χ1n) is 7.15. The molecule has 0 spiro atoms. The lowest BCUT2D eigenvalue weighted by atomic mass is 9.87. The zero-order chi connectivity index (χ0) is 14.2. The fraction of sp³-hybridized carbons (Fsp3) is 0.500. The normalized spacial score (nSPS) is 26.0. The second-order valence-corrected chi connectivity index (χ2v) is 6.62. The quantitative estimate of drug-likeness (QED) is 0.623. The van der Waals surface area contributed by atoms with Crippen LogP contribution in [0.25, 0.3) is 0 Å². The van der Waals surface area contributed by atoms with Gasteiger partial charge >= 0.3 is 0 Å². The van der Waals surface area contributed by atoms with Gasteiger partial charge in [-0.15, -0.1) is 0 Å². The molecule has 0 aromatic rings. The van der Waals surface area contributed by atoms with Crippen molar-refractivity contribution in [3.05, 3.63) is 46.6 Å². The van der Waals surface area contributed by atoms with Crippen LogP contribution in [0.5, 0.6) is 0 Å². The number of rotatable bonds is 1. The van der Waals surface area contributed by atoms with Crippen molar-refractivity contribution in [3.8, 4) is 0 Å². The van der Waals surface area contributed by atoms with E-state index in [1.807, 2.05) is 0 Å². The average molecular weight is 255 g/mol. The Hall–Kier alpha value is -1.37. The minimum absolute atomic E-state index is 0.0155. The molecule has 0 saturated heterocycles. The molecular weight excluding hydrogens is 230 g/mol. The van der Waals surface area contributed by atoms with Gasteiger partial charge in [0.15, 0.2) is 0 Å². The highest BCUT2D eigenvalue weighted by Gasteiger charge is 2.25. The lowest BCUT2D eigenvalue weighted by molar-refractivity contribution is 0.582. The van der Waals surface area contributed by atoms with Gasteiger partial charge in [-0.25, -0.2) is 0 Å². The molecule has 1 nitrogen and oxygen atoms in total. The van der Waals surface area contributed by atoms with Crippen LogP contribution in [0.1, 0.15) is 48.0 Å². The smallest absolute Gasteiger partial charge is 0.0527 e. The lowest BCUT2D eigenvalue weighted by Crippen LogP contribution is -2.18. The summed E-state index contributed by atoms with van der Waals surface area (Å²) >= 11 is 0. The third kappa shape index (κ3) is 2.97. The van der Waals surface area contributed by atoms with Gasteiger partial charge in [0.25, 0.3) is 0 Å². The summed E-state index contributed by atoms with van der Waals surface area (Å²) in [4.78, 5) is 4.93. The van der Waals surface area contributed by atoms with Crippen LogP contribution in [0.4, 0.5) is 0 Å². The molecule has 0 heterocycles. The monoisotopic (exact) mass is 255 g/mol. The van der Waals surface area contributed by atoms with E-state index in [1.165, 1.54) is 28.0 Å². The van der Waals surface area contributed by atoms with Crippen molar-refractivity contribution >= 4 is 5.71 Å². The molecule has 0 aromatic carbocycles. The topological polar surface area (TPSA) is 12.4 Å². The lowest BCUT2D eigenvalue weighted by Gasteiger charge is -2.22. The maximum absolute atomic E-state index is 4.93. The van der Waals surface area contributed by atoms with Crippen LogP contribution in [0.2, 0.25) is 0 Å². The summed E-state index contributed by atoms with van der Waals surface area (Å²) in [6.07, 6.45) is 9.90. The Bertz CT molecular complexity index is 531. The summed E-state index contributed by atoms with van der Waals surface area (Å²) in [6, 6.07) is 0. The third-order valence-electron chi connectivity index (χ3n) is 3.73. The predicted molar refractivity (Wildman–Crippen MR) is 84.6 cm³/mol. The van der Waals surface area contributed by atoms with Crippen LogP contribution in [-0.2, 0) is 0 Å². The fourth-order valence-electron chi connectivity index (χ4n) is 2.89. The summed E-state index contributed by atoms with van der Waals surface area (Å²) < 4.78 is 0. The van der Waals surface area contributed by atoms with E-state index in [4.69, 9.17) is 4.99 Å². The second kappa shape index (κ2) is 4.96. The fourth-order valence-corrected chi connectivity index (χ4v) is 2.89.